The molecule has 0 saturated heterocycles. The second-order valence-electron chi connectivity index (χ2n) is 7.91. The molecule has 1 aromatic rings. The molecule has 0 aromatic heterocycles. The van der Waals surface area contributed by atoms with Gasteiger partial charge in [0.15, 0.2) is 0 Å². The Morgan fingerprint density at radius 3 is 2.32 bits per heavy atom. The van der Waals surface area contributed by atoms with Crippen molar-refractivity contribution in [1.82, 2.24) is 0 Å². The van der Waals surface area contributed by atoms with Gasteiger partial charge in [0.05, 0.1) is 0 Å². The summed E-state index contributed by atoms with van der Waals surface area (Å²) in [4.78, 5) is 12.3. The Bertz CT molecular complexity index is 615. The van der Waals surface area contributed by atoms with E-state index in [1.165, 1.54) is 30.4 Å². The molecule has 4 unspecified atom stereocenters. The number of hydrogen-bond acceptors (Lipinski definition) is 1. The van der Waals surface area contributed by atoms with E-state index < -0.39 is 0 Å². The lowest BCUT2D eigenvalue weighted by molar-refractivity contribution is -0.129. The highest BCUT2D eigenvalue weighted by atomic mass is 16.1. The number of benzene rings is 1. The van der Waals surface area contributed by atoms with Crippen molar-refractivity contribution in [2.75, 3.05) is 0 Å². The summed E-state index contributed by atoms with van der Waals surface area (Å²) in [6.45, 7) is 14.8. The van der Waals surface area contributed by atoms with Crippen LogP contribution in [0, 0.1) is 31.1 Å². The summed E-state index contributed by atoms with van der Waals surface area (Å²) in [5.74, 6) is 2.68. The van der Waals surface area contributed by atoms with Crippen molar-refractivity contribution in [1.29, 1.82) is 0 Å². The molecule has 0 heterocycles. The lowest BCUT2D eigenvalue weighted by atomic mass is 9.55. The Morgan fingerprint density at radius 1 is 0.960 bits per heavy atom. The zero-order valence-corrected chi connectivity index (χ0v) is 17.5. The number of rotatable bonds is 0. The second-order valence-corrected chi connectivity index (χ2v) is 7.91. The molecule has 140 valence electrons. The summed E-state index contributed by atoms with van der Waals surface area (Å²) in [5.41, 5.74) is 6.21. The molecule has 0 bridgehead atoms. The van der Waals surface area contributed by atoms with Crippen LogP contribution in [-0.4, -0.2) is 5.78 Å². The minimum absolute atomic E-state index is 0.0123. The van der Waals surface area contributed by atoms with Crippen molar-refractivity contribution in [3.63, 3.8) is 0 Å². The van der Waals surface area contributed by atoms with E-state index in [0.717, 1.165) is 31.1 Å². The molecule has 25 heavy (non-hydrogen) atoms. The van der Waals surface area contributed by atoms with Gasteiger partial charge in [0.25, 0.3) is 0 Å². The first-order valence-corrected chi connectivity index (χ1v) is 10.6. The first-order valence-electron chi connectivity index (χ1n) is 10.6. The van der Waals surface area contributed by atoms with Crippen LogP contribution in [0.3, 0.4) is 0 Å². The van der Waals surface area contributed by atoms with Crippen LogP contribution >= 0.6 is 0 Å². The average molecular weight is 343 g/mol. The molecule has 1 heteroatoms. The number of fused-ring (bicyclic) bond motifs is 5. The minimum atomic E-state index is 0.0123. The number of carbonyl (C=O) groups excluding carboxylic acids is 1. The van der Waals surface area contributed by atoms with E-state index in [4.69, 9.17) is 0 Å². The summed E-state index contributed by atoms with van der Waals surface area (Å²) >= 11 is 0. The topological polar surface area (TPSA) is 17.1 Å². The van der Waals surface area contributed by atoms with E-state index in [2.05, 4.69) is 32.9 Å². The normalized spacial score (nSPS) is 32.3. The minimum Gasteiger partial charge on any atom is -0.299 e. The van der Waals surface area contributed by atoms with Crippen LogP contribution < -0.4 is 0 Å². The van der Waals surface area contributed by atoms with E-state index in [-0.39, 0.29) is 5.41 Å². The summed E-state index contributed by atoms with van der Waals surface area (Å²) < 4.78 is 0. The summed E-state index contributed by atoms with van der Waals surface area (Å²) in [6.07, 6.45) is 6.85. The van der Waals surface area contributed by atoms with Crippen molar-refractivity contribution in [2.45, 2.75) is 92.9 Å². The second kappa shape index (κ2) is 8.06. The van der Waals surface area contributed by atoms with Gasteiger partial charge in [-0.15, -0.1) is 0 Å². The smallest absolute Gasteiger partial charge is 0.139 e. The average Bonchev–Trinajstić information content (AvgIpc) is 2.96. The van der Waals surface area contributed by atoms with Crippen molar-refractivity contribution in [3.8, 4) is 0 Å². The van der Waals surface area contributed by atoms with Gasteiger partial charge in [0, 0.05) is 11.8 Å². The van der Waals surface area contributed by atoms with E-state index in [0.29, 0.717) is 11.7 Å². The van der Waals surface area contributed by atoms with Gasteiger partial charge in [0.1, 0.15) is 5.78 Å². The first-order chi connectivity index (χ1) is 12.0. The van der Waals surface area contributed by atoms with E-state index in [1.54, 1.807) is 11.1 Å². The standard InChI is InChI=1S/C20H26O.2C2H6/c1-12-4-5-15-14(13(12)2)6-7-17-16(15)10-11-20(3)18(17)8-9-19(20)21;2*1-2/h4-5,16-18H,6-11H2,1-3H3;2*1-2H3. The molecule has 3 aliphatic rings. The third-order valence-electron chi connectivity index (χ3n) is 7.18. The molecule has 0 amide bonds. The van der Waals surface area contributed by atoms with Gasteiger partial charge in [-0.05, 0) is 86.0 Å². The molecule has 0 spiro atoms. The molecule has 0 radical (unpaired) electrons. The number of aryl methyl sites for hydroxylation is 1. The number of hydrogen-bond donors (Lipinski definition) is 0. The number of ketones is 1. The summed E-state index contributed by atoms with van der Waals surface area (Å²) in [7, 11) is 0. The zero-order chi connectivity index (χ0) is 18.8. The van der Waals surface area contributed by atoms with Crippen LogP contribution in [0.2, 0.25) is 0 Å². The van der Waals surface area contributed by atoms with E-state index in [1.807, 2.05) is 27.7 Å². The highest BCUT2D eigenvalue weighted by molar-refractivity contribution is 5.87. The SMILES string of the molecule is CC.CC.Cc1ccc2c(c1C)CCC1C2CCC2(C)C(=O)CCC12. The molecule has 1 aromatic carbocycles. The third kappa shape index (κ3) is 3.20. The molecule has 4 atom stereocenters. The number of carbonyl (C=O) groups is 1. The van der Waals surface area contributed by atoms with Crippen LogP contribution in [0.15, 0.2) is 12.1 Å². The van der Waals surface area contributed by atoms with Gasteiger partial charge in [-0.3, -0.25) is 4.79 Å². The Balaban J connectivity index is 0.000000528. The molecule has 0 aliphatic heterocycles. The molecule has 4 rings (SSSR count). The van der Waals surface area contributed by atoms with Gasteiger partial charge < -0.3 is 0 Å². The first kappa shape index (κ1) is 20.2. The Morgan fingerprint density at radius 2 is 1.64 bits per heavy atom. The molecular formula is C24H38O. The van der Waals surface area contributed by atoms with Gasteiger partial charge >= 0.3 is 0 Å². The molecule has 2 fully saturated rings. The van der Waals surface area contributed by atoms with Crippen molar-refractivity contribution in [3.05, 3.63) is 34.4 Å². The van der Waals surface area contributed by atoms with Gasteiger partial charge in [0.2, 0.25) is 0 Å². The quantitative estimate of drug-likeness (QED) is 0.508. The van der Waals surface area contributed by atoms with Gasteiger partial charge in [-0.1, -0.05) is 46.8 Å². The molecule has 0 N–H and O–H groups in total. The maximum Gasteiger partial charge on any atom is 0.139 e. The van der Waals surface area contributed by atoms with Crippen molar-refractivity contribution < 1.29 is 4.79 Å². The van der Waals surface area contributed by atoms with Crippen molar-refractivity contribution in [2.24, 2.45) is 17.3 Å². The van der Waals surface area contributed by atoms with Crippen molar-refractivity contribution >= 4 is 5.78 Å². The largest absolute Gasteiger partial charge is 0.299 e. The van der Waals surface area contributed by atoms with Gasteiger partial charge in [-0.2, -0.15) is 0 Å². The van der Waals surface area contributed by atoms with Crippen LogP contribution in [-0.2, 0) is 11.2 Å². The fourth-order valence-corrected chi connectivity index (χ4v) is 5.73. The lowest BCUT2D eigenvalue weighted by Crippen LogP contribution is -2.42. The Hall–Kier alpha value is -1.11. The van der Waals surface area contributed by atoms with E-state index >= 15 is 0 Å². The predicted molar refractivity (Wildman–Crippen MR) is 108 cm³/mol. The monoisotopic (exact) mass is 342 g/mol. The highest BCUT2D eigenvalue weighted by Crippen LogP contribution is 2.59. The molecule has 2 saturated carbocycles. The lowest BCUT2D eigenvalue weighted by Gasteiger charge is -2.48. The fraction of sp³-hybridized carbons (Fsp3) is 0.708. The Kier molecular flexibility index (Phi) is 6.51. The summed E-state index contributed by atoms with van der Waals surface area (Å²) in [6, 6.07) is 4.71. The Labute approximate surface area is 155 Å². The van der Waals surface area contributed by atoms with E-state index in [9.17, 15) is 4.79 Å². The molecule has 3 aliphatic carbocycles. The predicted octanol–water partition coefficient (Wildman–Crippen LogP) is 6.78. The molecular weight excluding hydrogens is 304 g/mol. The van der Waals surface area contributed by atoms with Crippen LogP contribution in [0.4, 0.5) is 0 Å². The van der Waals surface area contributed by atoms with Crippen LogP contribution in [0.25, 0.3) is 0 Å². The maximum atomic E-state index is 12.3. The third-order valence-corrected chi connectivity index (χ3v) is 7.18. The number of Topliss-reactive ketones (excluding diaryl/α,β-unsaturated/α-hetero) is 1. The highest BCUT2D eigenvalue weighted by Gasteiger charge is 2.54. The molecule has 1 nitrogen and oxygen atoms in total. The fourth-order valence-electron chi connectivity index (χ4n) is 5.73. The maximum absolute atomic E-state index is 12.3. The van der Waals surface area contributed by atoms with Crippen LogP contribution in [0.1, 0.15) is 94.9 Å². The van der Waals surface area contributed by atoms with Crippen LogP contribution in [0.5, 0.6) is 0 Å². The van der Waals surface area contributed by atoms with Gasteiger partial charge in [-0.25, -0.2) is 0 Å². The summed E-state index contributed by atoms with van der Waals surface area (Å²) in [5, 5.41) is 0. The zero-order valence-electron chi connectivity index (χ0n) is 17.5.